The third kappa shape index (κ3) is 4.32. The Morgan fingerprint density at radius 1 is 1.00 bits per heavy atom. The van der Waals surface area contributed by atoms with E-state index in [4.69, 9.17) is 4.74 Å². The van der Waals surface area contributed by atoms with Crippen LogP contribution in [0.2, 0.25) is 0 Å². The predicted octanol–water partition coefficient (Wildman–Crippen LogP) is 1.27. The molecule has 4 N–H and O–H groups in total. The smallest absolute Gasteiger partial charge is 0.113 e. The van der Waals surface area contributed by atoms with Gasteiger partial charge in [-0.1, -0.05) is 24.3 Å². The van der Waals surface area contributed by atoms with Gasteiger partial charge in [0, 0.05) is 3.57 Å². The van der Waals surface area contributed by atoms with Crippen LogP contribution in [0.15, 0.2) is 42.5 Å². The lowest BCUT2D eigenvalue weighted by molar-refractivity contribution is -0.231. The molecular weight excluding hydrogens is 461 g/mol. The topological polar surface area (TPSA) is 114 Å². The second kappa shape index (κ2) is 8.65. The van der Waals surface area contributed by atoms with Crippen molar-refractivity contribution in [2.75, 3.05) is 6.61 Å². The van der Waals surface area contributed by atoms with Crippen LogP contribution in [0.1, 0.15) is 28.4 Å². The molecule has 1 aliphatic rings. The first-order valence-electron chi connectivity index (χ1n) is 8.52. The van der Waals surface area contributed by atoms with Crippen LogP contribution in [0, 0.1) is 14.9 Å². The lowest BCUT2D eigenvalue weighted by atomic mass is 9.89. The second-order valence-corrected chi connectivity index (χ2v) is 7.83. The average molecular weight is 481 g/mol. The summed E-state index contributed by atoms with van der Waals surface area (Å²) in [6, 6.07) is 15.2. The first-order valence-corrected chi connectivity index (χ1v) is 9.60. The molecular formula is C20H20INO5. The van der Waals surface area contributed by atoms with E-state index >= 15 is 0 Å². The van der Waals surface area contributed by atoms with Gasteiger partial charge in [-0.05, 0) is 63.9 Å². The first kappa shape index (κ1) is 20.2. The molecule has 0 saturated carbocycles. The van der Waals surface area contributed by atoms with Gasteiger partial charge in [-0.25, -0.2) is 0 Å². The van der Waals surface area contributed by atoms with E-state index in [1.165, 1.54) is 0 Å². The Morgan fingerprint density at radius 3 is 2.33 bits per heavy atom. The van der Waals surface area contributed by atoms with Gasteiger partial charge in [-0.3, -0.25) is 0 Å². The molecule has 1 saturated heterocycles. The molecule has 27 heavy (non-hydrogen) atoms. The van der Waals surface area contributed by atoms with Crippen molar-refractivity contribution in [1.29, 1.82) is 5.26 Å². The maximum Gasteiger partial charge on any atom is 0.113 e. The Hall–Kier alpha value is -1.54. The average Bonchev–Trinajstić information content (AvgIpc) is 2.68. The van der Waals surface area contributed by atoms with Gasteiger partial charge in [-0.2, -0.15) is 5.26 Å². The maximum atomic E-state index is 10.3. The van der Waals surface area contributed by atoms with Crippen molar-refractivity contribution in [1.82, 2.24) is 0 Å². The van der Waals surface area contributed by atoms with Crippen molar-refractivity contribution in [3.8, 4) is 6.07 Å². The van der Waals surface area contributed by atoms with Crippen molar-refractivity contribution in [3.05, 3.63) is 68.3 Å². The van der Waals surface area contributed by atoms with Gasteiger partial charge in [0.2, 0.25) is 0 Å². The fourth-order valence-electron chi connectivity index (χ4n) is 3.25. The Balaban J connectivity index is 1.92. The third-order valence-electron chi connectivity index (χ3n) is 4.78. The molecule has 1 aliphatic heterocycles. The number of hydrogen-bond donors (Lipinski definition) is 4. The van der Waals surface area contributed by atoms with E-state index in [9.17, 15) is 25.7 Å². The fraction of sp³-hybridized carbons (Fsp3) is 0.350. The summed E-state index contributed by atoms with van der Waals surface area (Å²) >= 11 is 2.23. The number of nitriles is 1. The molecule has 0 unspecified atom stereocenters. The van der Waals surface area contributed by atoms with E-state index in [0.29, 0.717) is 17.5 Å². The molecule has 0 amide bonds. The van der Waals surface area contributed by atoms with Crippen LogP contribution in [0.25, 0.3) is 0 Å². The van der Waals surface area contributed by atoms with E-state index < -0.39 is 37.1 Å². The summed E-state index contributed by atoms with van der Waals surface area (Å²) in [6.07, 6.45) is -5.53. The Kier molecular flexibility index (Phi) is 6.47. The minimum absolute atomic E-state index is 0.479. The zero-order valence-electron chi connectivity index (χ0n) is 14.4. The third-order valence-corrected chi connectivity index (χ3v) is 5.50. The monoisotopic (exact) mass is 481 g/mol. The van der Waals surface area contributed by atoms with Crippen LogP contribution in [0.5, 0.6) is 0 Å². The number of aliphatic hydroxyl groups is 4. The minimum atomic E-state index is -1.43. The highest BCUT2D eigenvalue weighted by atomic mass is 127. The normalized spacial score (nSPS) is 27.9. The highest BCUT2D eigenvalue weighted by Crippen LogP contribution is 2.33. The Bertz CT molecular complexity index is 833. The zero-order valence-corrected chi connectivity index (χ0v) is 16.5. The summed E-state index contributed by atoms with van der Waals surface area (Å²) in [7, 11) is 0. The van der Waals surface area contributed by atoms with Crippen molar-refractivity contribution >= 4 is 22.6 Å². The predicted molar refractivity (Wildman–Crippen MR) is 106 cm³/mol. The highest BCUT2D eigenvalue weighted by molar-refractivity contribution is 14.1. The van der Waals surface area contributed by atoms with Crippen molar-refractivity contribution in [2.24, 2.45) is 0 Å². The highest BCUT2D eigenvalue weighted by Gasteiger charge is 2.44. The first-order chi connectivity index (χ1) is 12.9. The molecule has 2 aromatic rings. The van der Waals surface area contributed by atoms with Crippen LogP contribution >= 0.6 is 22.6 Å². The summed E-state index contributed by atoms with van der Waals surface area (Å²) in [6.45, 7) is -0.479. The van der Waals surface area contributed by atoms with Crippen molar-refractivity contribution in [3.63, 3.8) is 0 Å². The van der Waals surface area contributed by atoms with Gasteiger partial charge >= 0.3 is 0 Å². The second-order valence-electron chi connectivity index (χ2n) is 6.58. The molecule has 0 spiro atoms. The summed E-state index contributed by atoms with van der Waals surface area (Å²) < 4.78 is 6.73. The van der Waals surface area contributed by atoms with Gasteiger partial charge in [0.25, 0.3) is 0 Å². The molecule has 0 aromatic heterocycles. The Morgan fingerprint density at radius 2 is 1.70 bits per heavy atom. The van der Waals surface area contributed by atoms with Crippen LogP contribution in [0.3, 0.4) is 0 Å². The van der Waals surface area contributed by atoms with E-state index in [1.807, 2.05) is 24.3 Å². The molecule has 0 radical (unpaired) electrons. The van der Waals surface area contributed by atoms with Gasteiger partial charge in [0.15, 0.2) is 0 Å². The molecule has 7 heteroatoms. The van der Waals surface area contributed by atoms with Crippen LogP contribution in [-0.4, -0.2) is 51.4 Å². The van der Waals surface area contributed by atoms with Gasteiger partial charge in [-0.15, -0.1) is 0 Å². The molecule has 0 bridgehead atoms. The fourth-order valence-corrected chi connectivity index (χ4v) is 3.60. The minimum Gasteiger partial charge on any atom is -0.394 e. The van der Waals surface area contributed by atoms with E-state index in [2.05, 4.69) is 28.7 Å². The Labute approximate surface area is 170 Å². The molecule has 1 heterocycles. The zero-order chi connectivity index (χ0) is 19.6. The number of benzene rings is 2. The molecule has 2 aromatic carbocycles. The van der Waals surface area contributed by atoms with Crippen LogP contribution < -0.4 is 0 Å². The maximum absolute atomic E-state index is 10.3. The molecule has 0 aliphatic carbocycles. The number of hydrogen-bond acceptors (Lipinski definition) is 6. The summed E-state index contributed by atoms with van der Waals surface area (Å²) in [5.41, 5.74) is 2.90. The molecule has 6 nitrogen and oxygen atoms in total. The largest absolute Gasteiger partial charge is 0.394 e. The lowest BCUT2D eigenvalue weighted by Gasteiger charge is -2.40. The summed E-state index contributed by atoms with van der Waals surface area (Å²) in [5, 5.41) is 49.1. The van der Waals surface area contributed by atoms with Crippen LogP contribution in [-0.2, 0) is 11.2 Å². The molecule has 5 atom stereocenters. The number of nitrogens with zero attached hydrogens (tertiary/aromatic N) is 1. The lowest BCUT2D eigenvalue weighted by Crippen LogP contribution is -2.55. The SMILES string of the molecule is N#Cc1ccc([C@@H]2O[C@H](CO)[C@@H](O)[C@H](O)[C@H]2O)cc1Cc1ccc(I)cc1. The van der Waals surface area contributed by atoms with Crippen molar-refractivity contribution in [2.45, 2.75) is 36.9 Å². The van der Waals surface area contributed by atoms with E-state index in [1.54, 1.807) is 18.2 Å². The van der Waals surface area contributed by atoms with Crippen LogP contribution in [0.4, 0.5) is 0 Å². The van der Waals surface area contributed by atoms with Gasteiger partial charge in [0.1, 0.15) is 30.5 Å². The summed E-state index contributed by atoms with van der Waals surface area (Å²) in [5.74, 6) is 0. The van der Waals surface area contributed by atoms with Crippen molar-refractivity contribution < 1.29 is 25.2 Å². The summed E-state index contributed by atoms with van der Waals surface area (Å²) in [4.78, 5) is 0. The molecule has 1 fully saturated rings. The quantitative estimate of drug-likeness (QED) is 0.490. The molecule has 3 rings (SSSR count). The number of aliphatic hydroxyl groups excluding tert-OH is 4. The van der Waals surface area contributed by atoms with Gasteiger partial charge in [0.05, 0.1) is 18.2 Å². The van der Waals surface area contributed by atoms with E-state index in [0.717, 1.165) is 14.7 Å². The standard InChI is InChI=1S/C20H20INO5/c21-15-5-1-11(2-6-15)7-14-8-12(3-4-13(14)9-22)20-19(26)18(25)17(24)16(10-23)27-20/h1-6,8,16-20,23-26H,7,10H2/t16-,17-,18+,19-,20+/m1/s1. The number of ether oxygens (including phenoxy) is 1. The van der Waals surface area contributed by atoms with Gasteiger partial charge < -0.3 is 25.2 Å². The number of rotatable bonds is 4. The molecule has 142 valence electrons. The number of halogens is 1. The van der Waals surface area contributed by atoms with E-state index in [-0.39, 0.29) is 0 Å².